The zero-order valence-corrected chi connectivity index (χ0v) is 9.11. The molecule has 1 fully saturated rings. The second-order valence-corrected chi connectivity index (χ2v) is 4.53. The van der Waals surface area contributed by atoms with Gasteiger partial charge in [0.1, 0.15) is 5.75 Å². The van der Waals surface area contributed by atoms with Crippen molar-refractivity contribution in [3.8, 4) is 5.75 Å². The third-order valence-electron chi connectivity index (χ3n) is 3.10. The molecule has 2 rings (SSSR count). The number of nitrogens with two attached hydrogens (primary N) is 1. The van der Waals surface area contributed by atoms with Crippen LogP contribution >= 0.6 is 0 Å². The number of aromatic hydroxyl groups is 1. The molecule has 1 aliphatic heterocycles. The second kappa shape index (κ2) is 3.83. The maximum atomic E-state index is 9.32. The summed E-state index contributed by atoms with van der Waals surface area (Å²) < 4.78 is 0. The van der Waals surface area contributed by atoms with Gasteiger partial charge in [-0.15, -0.1) is 0 Å². The summed E-state index contributed by atoms with van der Waals surface area (Å²) in [5, 5.41) is 9.32. The fraction of sp³-hybridized carbons (Fsp3) is 0.500. The number of benzene rings is 1. The second-order valence-electron chi connectivity index (χ2n) is 4.53. The topological polar surface area (TPSA) is 49.5 Å². The first kappa shape index (κ1) is 10.5. The van der Waals surface area contributed by atoms with Crippen LogP contribution in [0.15, 0.2) is 24.3 Å². The highest BCUT2D eigenvalue weighted by molar-refractivity contribution is 5.27. The molecule has 82 valence electrons. The lowest BCUT2D eigenvalue weighted by molar-refractivity contribution is 0.0607. The Morgan fingerprint density at radius 2 is 2.20 bits per heavy atom. The van der Waals surface area contributed by atoms with Crippen molar-refractivity contribution in [2.24, 2.45) is 5.73 Å². The number of hydrogen-bond acceptors (Lipinski definition) is 3. The van der Waals surface area contributed by atoms with Gasteiger partial charge < -0.3 is 10.8 Å². The van der Waals surface area contributed by atoms with Gasteiger partial charge in [0.25, 0.3) is 0 Å². The minimum absolute atomic E-state index is 0.0246. The number of nitrogens with zero attached hydrogens (tertiary/aromatic N) is 1. The van der Waals surface area contributed by atoms with E-state index in [1.54, 1.807) is 6.07 Å². The van der Waals surface area contributed by atoms with Gasteiger partial charge in [0.15, 0.2) is 0 Å². The number of phenols is 1. The van der Waals surface area contributed by atoms with Crippen molar-refractivity contribution in [1.29, 1.82) is 0 Å². The van der Waals surface area contributed by atoms with Crippen LogP contribution in [0.2, 0.25) is 0 Å². The molecule has 0 aliphatic carbocycles. The Hall–Kier alpha value is -1.06. The van der Waals surface area contributed by atoms with E-state index in [9.17, 15) is 5.11 Å². The fourth-order valence-corrected chi connectivity index (χ4v) is 2.09. The molecule has 0 saturated carbocycles. The zero-order valence-electron chi connectivity index (χ0n) is 9.11. The molecule has 1 aliphatic rings. The Morgan fingerprint density at radius 1 is 1.47 bits per heavy atom. The van der Waals surface area contributed by atoms with Gasteiger partial charge in [-0.2, -0.15) is 0 Å². The first-order valence-electron chi connectivity index (χ1n) is 5.40. The summed E-state index contributed by atoms with van der Waals surface area (Å²) in [5.41, 5.74) is 7.26. The molecule has 0 atom stereocenters. The van der Waals surface area contributed by atoms with E-state index in [1.807, 2.05) is 18.2 Å². The first-order chi connectivity index (χ1) is 7.11. The third-order valence-corrected chi connectivity index (χ3v) is 3.10. The molecule has 0 amide bonds. The lowest BCUT2D eigenvalue weighted by atomic mass is 9.88. The van der Waals surface area contributed by atoms with E-state index in [0.717, 1.165) is 31.6 Å². The van der Waals surface area contributed by atoms with Crippen LogP contribution in [0.3, 0.4) is 0 Å². The molecule has 0 bridgehead atoms. The Morgan fingerprint density at radius 3 is 2.80 bits per heavy atom. The molecule has 3 nitrogen and oxygen atoms in total. The van der Waals surface area contributed by atoms with E-state index in [4.69, 9.17) is 5.73 Å². The van der Waals surface area contributed by atoms with Gasteiger partial charge in [0.2, 0.25) is 0 Å². The first-order valence-corrected chi connectivity index (χ1v) is 5.40. The molecule has 0 aromatic heterocycles. The third kappa shape index (κ3) is 2.30. The lowest BCUT2D eigenvalue weighted by Crippen LogP contribution is -2.66. The summed E-state index contributed by atoms with van der Waals surface area (Å²) in [7, 11) is 0. The average molecular weight is 206 g/mol. The van der Waals surface area contributed by atoms with Crippen LogP contribution in [0.25, 0.3) is 0 Å². The molecule has 1 heterocycles. The lowest BCUT2D eigenvalue weighted by Gasteiger charge is -2.47. The Kier molecular flexibility index (Phi) is 2.67. The van der Waals surface area contributed by atoms with Crippen LogP contribution in [0.5, 0.6) is 5.75 Å². The van der Waals surface area contributed by atoms with E-state index in [1.165, 1.54) is 0 Å². The minimum atomic E-state index is 0.0246. The van der Waals surface area contributed by atoms with Crippen LogP contribution < -0.4 is 5.73 Å². The van der Waals surface area contributed by atoms with Gasteiger partial charge in [-0.25, -0.2) is 0 Å². The summed E-state index contributed by atoms with van der Waals surface area (Å²) >= 11 is 0. The SMILES string of the molecule is CCC1(N)CN(Cc2cccc(O)c2)C1. The summed E-state index contributed by atoms with van der Waals surface area (Å²) in [5.74, 6) is 0.336. The Bertz CT molecular complexity index is 345. The van der Waals surface area contributed by atoms with Gasteiger partial charge in [0, 0.05) is 25.2 Å². The molecule has 3 heteroatoms. The van der Waals surface area contributed by atoms with Gasteiger partial charge >= 0.3 is 0 Å². The molecular formula is C12H18N2O. The van der Waals surface area contributed by atoms with E-state index in [2.05, 4.69) is 11.8 Å². The molecular weight excluding hydrogens is 188 g/mol. The van der Waals surface area contributed by atoms with Crippen LogP contribution in [-0.4, -0.2) is 28.6 Å². The molecule has 0 spiro atoms. The number of hydrogen-bond donors (Lipinski definition) is 2. The molecule has 3 N–H and O–H groups in total. The van der Waals surface area contributed by atoms with Crippen molar-refractivity contribution in [3.05, 3.63) is 29.8 Å². The molecule has 0 radical (unpaired) electrons. The average Bonchev–Trinajstić information content (AvgIpc) is 2.15. The Labute approximate surface area is 90.5 Å². The number of rotatable bonds is 3. The van der Waals surface area contributed by atoms with Crippen molar-refractivity contribution in [3.63, 3.8) is 0 Å². The van der Waals surface area contributed by atoms with E-state index in [0.29, 0.717) is 5.75 Å². The highest BCUT2D eigenvalue weighted by Crippen LogP contribution is 2.24. The molecule has 1 aromatic rings. The van der Waals surface area contributed by atoms with Crippen LogP contribution in [0.4, 0.5) is 0 Å². The number of likely N-dealkylation sites (tertiary alicyclic amines) is 1. The van der Waals surface area contributed by atoms with Gasteiger partial charge in [-0.05, 0) is 24.1 Å². The minimum Gasteiger partial charge on any atom is -0.508 e. The van der Waals surface area contributed by atoms with Crippen LogP contribution in [0.1, 0.15) is 18.9 Å². The van der Waals surface area contributed by atoms with E-state index < -0.39 is 0 Å². The summed E-state index contributed by atoms with van der Waals surface area (Å²) in [6.07, 6.45) is 1.03. The standard InChI is InChI=1S/C12H18N2O/c1-2-12(13)8-14(9-12)7-10-4-3-5-11(15)6-10/h3-6,15H,2,7-9,13H2,1H3. The summed E-state index contributed by atoms with van der Waals surface area (Å²) in [6, 6.07) is 7.41. The van der Waals surface area contributed by atoms with Crippen molar-refractivity contribution >= 4 is 0 Å². The van der Waals surface area contributed by atoms with E-state index >= 15 is 0 Å². The quantitative estimate of drug-likeness (QED) is 0.784. The predicted octanol–water partition coefficient (Wildman–Crippen LogP) is 1.32. The monoisotopic (exact) mass is 206 g/mol. The molecule has 1 aromatic carbocycles. The van der Waals surface area contributed by atoms with Gasteiger partial charge in [0.05, 0.1) is 0 Å². The molecule has 1 saturated heterocycles. The van der Waals surface area contributed by atoms with Gasteiger partial charge in [-0.1, -0.05) is 19.1 Å². The largest absolute Gasteiger partial charge is 0.508 e. The molecule has 15 heavy (non-hydrogen) atoms. The Balaban J connectivity index is 1.90. The van der Waals surface area contributed by atoms with Crippen molar-refractivity contribution in [2.75, 3.05) is 13.1 Å². The number of phenolic OH excluding ortho intramolecular Hbond substituents is 1. The highest BCUT2D eigenvalue weighted by Gasteiger charge is 2.37. The summed E-state index contributed by atoms with van der Waals surface area (Å²) in [6.45, 7) is 4.93. The van der Waals surface area contributed by atoms with Crippen LogP contribution in [0, 0.1) is 0 Å². The van der Waals surface area contributed by atoms with Crippen LogP contribution in [-0.2, 0) is 6.54 Å². The normalized spacial score (nSPS) is 19.9. The fourth-order valence-electron chi connectivity index (χ4n) is 2.09. The molecule has 0 unspecified atom stereocenters. The maximum Gasteiger partial charge on any atom is 0.115 e. The van der Waals surface area contributed by atoms with Crippen molar-refractivity contribution in [2.45, 2.75) is 25.4 Å². The predicted molar refractivity (Wildman–Crippen MR) is 60.6 cm³/mol. The van der Waals surface area contributed by atoms with Crippen molar-refractivity contribution in [1.82, 2.24) is 4.90 Å². The highest BCUT2D eigenvalue weighted by atomic mass is 16.3. The smallest absolute Gasteiger partial charge is 0.115 e. The van der Waals surface area contributed by atoms with E-state index in [-0.39, 0.29) is 5.54 Å². The zero-order chi connectivity index (χ0) is 10.9. The van der Waals surface area contributed by atoms with Gasteiger partial charge in [-0.3, -0.25) is 4.90 Å². The summed E-state index contributed by atoms with van der Waals surface area (Å²) in [4.78, 5) is 2.30. The van der Waals surface area contributed by atoms with Crippen molar-refractivity contribution < 1.29 is 5.11 Å². The maximum absolute atomic E-state index is 9.32.